The first-order valence-corrected chi connectivity index (χ1v) is 9.30. The smallest absolute Gasteiger partial charge is 0.259 e. The first kappa shape index (κ1) is 16.3. The van der Waals surface area contributed by atoms with Gasteiger partial charge in [-0.1, -0.05) is 6.07 Å². The van der Waals surface area contributed by atoms with Gasteiger partial charge in [0.1, 0.15) is 10.7 Å². The van der Waals surface area contributed by atoms with Gasteiger partial charge in [-0.05, 0) is 63.4 Å². The molecule has 0 aliphatic heterocycles. The highest BCUT2D eigenvalue weighted by Gasteiger charge is 2.16. The van der Waals surface area contributed by atoms with Crippen molar-refractivity contribution < 1.29 is 0 Å². The predicted molar refractivity (Wildman–Crippen MR) is 99.9 cm³/mol. The van der Waals surface area contributed by atoms with E-state index in [-0.39, 0.29) is 10.8 Å². The van der Waals surface area contributed by atoms with Crippen LogP contribution in [0.2, 0.25) is 0 Å². The van der Waals surface area contributed by atoms with E-state index in [2.05, 4.69) is 44.0 Å². The third-order valence-corrected chi connectivity index (χ3v) is 6.44. The van der Waals surface area contributed by atoms with Crippen LogP contribution in [0, 0.1) is 27.7 Å². The molecule has 0 radical (unpaired) electrons. The van der Waals surface area contributed by atoms with Crippen molar-refractivity contribution in [1.29, 1.82) is 0 Å². The fourth-order valence-electron chi connectivity index (χ4n) is 2.51. The summed E-state index contributed by atoms with van der Waals surface area (Å²) in [7, 11) is 0. The van der Waals surface area contributed by atoms with Crippen LogP contribution >= 0.6 is 23.1 Å². The molecule has 0 unspecified atom stereocenters. The number of thiophene rings is 1. The number of benzene rings is 1. The Morgan fingerprint density at radius 2 is 1.91 bits per heavy atom. The van der Waals surface area contributed by atoms with Crippen molar-refractivity contribution in [3.8, 4) is 0 Å². The molecule has 0 amide bonds. The van der Waals surface area contributed by atoms with Gasteiger partial charge in [0.05, 0.1) is 10.6 Å². The molecule has 0 spiro atoms. The van der Waals surface area contributed by atoms with E-state index in [0.717, 1.165) is 26.5 Å². The van der Waals surface area contributed by atoms with Crippen LogP contribution in [0.3, 0.4) is 0 Å². The minimum absolute atomic E-state index is 0.0283. The van der Waals surface area contributed by atoms with Crippen LogP contribution in [-0.2, 0) is 0 Å². The van der Waals surface area contributed by atoms with Crippen LogP contribution in [0.15, 0.2) is 27.9 Å². The van der Waals surface area contributed by atoms with E-state index in [1.54, 1.807) is 23.1 Å². The number of hydrogen-bond donors (Lipinski definition) is 1. The van der Waals surface area contributed by atoms with Crippen molar-refractivity contribution in [1.82, 2.24) is 9.97 Å². The van der Waals surface area contributed by atoms with Gasteiger partial charge in [-0.3, -0.25) is 4.79 Å². The maximum atomic E-state index is 12.4. The van der Waals surface area contributed by atoms with E-state index in [4.69, 9.17) is 4.98 Å². The molecule has 0 fully saturated rings. The lowest BCUT2D eigenvalue weighted by Gasteiger charge is -2.12. The summed E-state index contributed by atoms with van der Waals surface area (Å²) < 4.78 is 0. The Morgan fingerprint density at radius 3 is 2.61 bits per heavy atom. The average molecular weight is 345 g/mol. The van der Waals surface area contributed by atoms with Crippen LogP contribution in [0.4, 0.5) is 0 Å². The van der Waals surface area contributed by atoms with Gasteiger partial charge in [-0.25, -0.2) is 4.98 Å². The molecule has 3 rings (SSSR count). The second-order valence-corrected chi connectivity index (χ2v) is 8.54. The standard InChI is InChI=1S/C18H20N2OS2/c1-9-6-7-14(8-10(9)2)22-13(5)16-19-17(21)15-11(3)12(4)23-18(15)20-16/h6-8,13H,1-5H3,(H,19,20,21)/t13-/m0/s1. The van der Waals surface area contributed by atoms with E-state index in [1.165, 1.54) is 16.0 Å². The van der Waals surface area contributed by atoms with Gasteiger partial charge in [-0.15, -0.1) is 23.1 Å². The molecule has 2 heterocycles. The van der Waals surface area contributed by atoms with Gasteiger partial charge in [0.25, 0.3) is 5.56 Å². The Labute approximate surface area is 144 Å². The summed E-state index contributed by atoms with van der Waals surface area (Å²) in [4.78, 5) is 23.2. The Hall–Kier alpha value is -1.59. The molecule has 5 heteroatoms. The summed E-state index contributed by atoms with van der Waals surface area (Å²) in [5.41, 5.74) is 3.59. The van der Waals surface area contributed by atoms with Crippen LogP contribution in [0.25, 0.3) is 10.2 Å². The Kier molecular flexibility index (Phi) is 4.34. The zero-order chi connectivity index (χ0) is 16.7. The number of H-pyrrole nitrogens is 1. The highest BCUT2D eigenvalue weighted by molar-refractivity contribution is 7.99. The molecule has 1 aromatic carbocycles. The van der Waals surface area contributed by atoms with Gasteiger partial charge >= 0.3 is 0 Å². The van der Waals surface area contributed by atoms with E-state index in [0.29, 0.717) is 0 Å². The minimum Gasteiger partial charge on any atom is -0.309 e. The van der Waals surface area contributed by atoms with E-state index >= 15 is 0 Å². The normalized spacial score (nSPS) is 12.7. The Bertz CT molecular complexity index is 940. The summed E-state index contributed by atoms with van der Waals surface area (Å²) in [6.45, 7) is 10.3. The molecule has 0 saturated heterocycles. The van der Waals surface area contributed by atoms with Gasteiger partial charge in [0.2, 0.25) is 0 Å². The van der Waals surface area contributed by atoms with E-state index < -0.39 is 0 Å². The van der Waals surface area contributed by atoms with Gasteiger partial charge in [0.15, 0.2) is 0 Å². The highest BCUT2D eigenvalue weighted by atomic mass is 32.2. The summed E-state index contributed by atoms with van der Waals surface area (Å²) in [5.74, 6) is 0.743. The Balaban J connectivity index is 1.96. The average Bonchev–Trinajstić information content (AvgIpc) is 2.78. The number of nitrogens with one attached hydrogen (secondary N) is 1. The van der Waals surface area contributed by atoms with Crippen molar-refractivity contribution in [2.75, 3.05) is 0 Å². The second kappa shape index (κ2) is 6.13. The van der Waals surface area contributed by atoms with Crippen molar-refractivity contribution in [2.45, 2.75) is 44.8 Å². The first-order chi connectivity index (χ1) is 10.9. The predicted octanol–water partition coefficient (Wildman–Crippen LogP) is 5.07. The zero-order valence-electron chi connectivity index (χ0n) is 14.0. The molecule has 1 N–H and O–H groups in total. The molecule has 3 nitrogen and oxygen atoms in total. The molecule has 0 aliphatic rings. The molecule has 0 saturated carbocycles. The minimum atomic E-state index is -0.0283. The third-order valence-electron chi connectivity index (χ3n) is 4.23. The molecule has 3 aromatic rings. The lowest BCUT2D eigenvalue weighted by molar-refractivity contribution is 0.925. The summed E-state index contributed by atoms with van der Waals surface area (Å²) in [6.07, 6.45) is 0. The largest absolute Gasteiger partial charge is 0.309 e. The lowest BCUT2D eigenvalue weighted by Crippen LogP contribution is -2.12. The van der Waals surface area contributed by atoms with Crippen LogP contribution < -0.4 is 5.56 Å². The van der Waals surface area contributed by atoms with Crippen LogP contribution in [0.1, 0.15) is 39.6 Å². The maximum Gasteiger partial charge on any atom is 0.259 e. The fourth-order valence-corrected chi connectivity index (χ4v) is 4.57. The molecule has 120 valence electrons. The molecule has 0 aliphatic carbocycles. The summed E-state index contributed by atoms with van der Waals surface area (Å²) in [6, 6.07) is 6.45. The van der Waals surface area contributed by atoms with Crippen molar-refractivity contribution in [3.05, 3.63) is 55.9 Å². The summed E-state index contributed by atoms with van der Waals surface area (Å²) in [5, 5.41) is 0.830. The monoisotopic (exact) mass is 344 g/mol. The molecular formula is C18H20N2OS2. The number of aromatic amines is 1. The quantitative estimate of drug-likeness (QED) is 0.675. The molecule has 23 heavy (non-hydrogen) atoms. The highest BCUT2D eigenvalue weighted by Crippen LogP contribution is 2.35. The molecule has 1 atom stereocenters. The van der Waals surface area contributed by atoms with Gasteiger partial charge in [-0.2, -0.15) is 0 Å². The number of rotatable bonds is 3. The second-order valence-electron chi connectivity index (χ2n) is 5.92. The maximum absolute atomic E-state index is 12.4. The molecule has 2 aromatic heterocycles. The van der Waals surface area contributed by atoms with Crippen LogP contribution in [-0.4, -0.2) is 9.97 Å². The van der Waals surface area contributed by atoms with Crippen molar-refractivity contribution >= 4 is 33.3 Å². The topological polar surface area (TPSA) is 45.8 Å². The van der Waals surface area contributed by atoms with Gasteiger partial charge in [0, 0.05) is 9.77 Å². The molecular weight excluding hydrogens is 324 g/mol. The van der Waals surface area contributed by atoms with Crippen LogP contribution in [0.5, 0.6) is 0 Å². The number of aryl methyl sites for hydroxylation is 4. The van der Waals surface area contributed by atoms with Crippen molar-refractivity contribution in [3.63, 3.8) is 0 Å². The number of aromatic nitrogens is 2. The number of thioether (sulfide) groups is 1. The van der Waals surface area contributed by atoms with Gasteiger partial charge < -0.3 is 4.98 Å². The van der Waals surface area contributed by atoms with E-state index in [9.17, 15) is 4.79 Å². The first-order valence-electron chi connectivity index (χ1n) is 7.60. The molecule has 0 bridgehead atoms. The summed E-state index contributed by atoms with van der Waals surface area (Å²) >= 11 is 3.31. The zero-order valence-corrected chi connectivity index (χ0v) is 15.6. The number of nitrogens with zero attached hydrogens (tertiary/aromatic N) is 1. The van der Waals surface area contributed by atoms with Crippen molar-refractivity contribution in [2.24, 2.45) is 0 Å². The SMILES string of the molecule is Cc1ccc(S[C@@H](C)c2nc3sc(C)c(C)c3c(=O)[nH]2)cc1C. The number of hydrogen-bond acceptors (Lipinski definition) is 4. The third kappa shape index (κ3) is 3.08. The number of fused-ring (bicyclic) bond motifs is 1. The van der Waals surface area contributed by atoms with E-state index in [1.807, 2.05) is 13.8 Å². The fraction of sp³-hybridized carbons (Fsp3) is 0.333. The lowest BCUT2D eigenvalue weighted by atomic mass is 10.1. The Morgan fingerprint density at radius 1 is 1.17 bits per heavy atom.